The summed E-state index contributed by atoms with van der Waals surface area (Å²) in [5, 5.41) is 0. The Hall–Kier alpha value is -0.590. The molecule has 2 atom stereocenters. The fourth-order valence-corrected chi connectivity index (χ4v) is 2.30. The molecule has 1 heteroatoms. The number of hydrogen-bond acceptors (Lipinski definition) is 1. The lowest BCUT2D eigenvalue weighted by Gasteiger charge is -2.42. The van der Waals surface area contributed by atoms with Crippen LogP contribution in [0.15, 0.2) is 12.2 Å². The van der Waals surface area contributed by atoms with Crippen LogP contribution in [0.4, 0.5) is 0 Å². The molecule has 1 fully saturated rings. The predicted molar refractivity (Wildman–Crippen MR) is 44.1 cm³/mol. The van der Waals surface area contributed by atoms with Gasteiger partial charge >= 0.3 is 0 Å². The second-order valence-electron chi connectivity index (χ2n) is 4.26. The van der Waals surface area contributed by atoms with Crippen molar-refractivity contribution in [3.05, 3.63) is 12.2 Å². The Balaban J connectivity index is 2.42. The van der Waals surface area contributed by atoms with E-state index >= 15 is 0 Å². The molecule has 0 aromatic heterocycles. The molecule has 0 aliphatic heterocycles. The van der Waals surface area contributed by atoms with Gasteiger partial charge in [0.1, 0.15) is 5.78 Å². The Bertz CT molecular complexity index is 225. The van der Waals surface area contributed by atoms with Crippen LogP contribution in [0.3, 0.4) is 0 Å². The average Bonchev–Trinajstić information content (AvgIpc) is 2.01. The monoisotopic (exact) mass is 150 g/mol. The van der Waals surface area contributed by atoms with Gasteiger partial charge in [-0.25, -0.2) is 0 Å². The average molecular weight is 150 g/mol. The maximum absolute atomic E-state index is 11.7. The third-order valence-corrected chi connectivity index (χ3v) is 3.26. The lowest BCUT2D eigenvalue weighted by atomic mass is 9.60. The number of rotatable bonds is 0. The smallest absolute Gasteiger partial charge is 0.145 e. The van der Waals surface area contributed by atoms with Crippen LogP contribution >= 0.6 is 0 Å². The van der Waals surface area contributed by atoms with E-state index in [0.717, 1.165) is 6.42 Å². The van der Waals surface area contributed by atoms with Gasteiger partial charge < -0.3 is 0 Å². The zero-order valence-electron chi connectivity index (χ0n) is 7.13. The molecule has 0 radical (unpaired) electrons. The number of ketones is 1. The topological polar surface area (TPSA) is 17.1 Å². The summed E-state index contributed by atoms with van der Waals surface area (Å²) in [5.41, 5.74) is -0.0718. The summed E-state index contributed by atoms with van der Waals surface area (Å²) in [6.45, 7) is 4.16. The molecule has 3 aliphatic rings. The van der Waals surface area contributed by atoms with E-state index in [1.54, 1.807) is 0 Å². The van der Waals surface area contributed by atoms with Crippen molar-refractivity contribution in [2.75, 3.05) is 0 Å². The molecule has 0 amide bonds. The van der Waals surface area contributed by atoms with Crippen LogP contribution < -0.4 is 0 Å². The number of Topliss-reactive ketones (excluding diaryl/α,β-unsaturated/α-hetero) is 1. The summed E-state index contributed by atoms with van der Waals surface area (Å²) in [6, 6.07) is 0. The molecular formula is C10H14O. The standard InChI is InChI=1S/C10H14O/c1-10(2)8-5-3-7(4-6-8)9(10)11/h3,5,7-8H,4,6H2,1-2H3. The Morgan fingerprint density at radius 2 is 2.09 bits per heavy atom. The molecule has 3 rings (SSSR count). The van der Waals surface area contributed by atoms with E-state index in [-0.39, 0.29) is 11.3 Å². The lowest BCUT2D eigenvalue weighted by Crippen LogP contribution is -2.43. The van der Waals surface area contributed by atoms with Gasteiger partial charge in [-0.3, -0.25) is 4.79 Å². The lowest BCUT2D eigenvalue weighted by molar-refractivity contribution is -0.135. The minimum Gasteiger partial charge on any atom is -0.298 e. The number of hydrogen-bond donors (Lipinski definition) is 0. The minimum atomic E-state index is -0.0718. The van der Waals surface area contributed by atoms with E-state index in [0.29, 0.717) is 11.7 Å². The van der Waals surface area contributed by atoms with Crippen LogP contribution in [0.1, 0.15) is 26.7 Å². The molecular weight excluding hydrogens is 136 g/mol. The maximum Gasteiger partial charge on any atom is 0.145 e. The van der Waals surface area contributed by atoms with Gasteiger partial charge in [-0.15, -0.1) is 0 Å². The summed E-state index contributed by atoms with van der Waals surface area (Å²) >= 11 is 0. The van der Waals surface area contributed by atoms with Crippen LogP contribution in [-0.4, -0.2) is 5.78 Å². The van der Waals surface area contributed by atoms with Gasteiger partial charge in [0.2, 0.25) is 0 Å². The second-order valence-corrected chi connectivity index (χ2v) is 4.26. The molecule has 0 N–H and O–H groups in total. The third kappa shape index (κ3) is 0.800. The zero-order valence-corrected chi connectivity index (χ0v) is 7.13. The van der Waals surface area contributed by atoms with E-state index in [9.17, 15) is 4.79 Å². The van der Waals surface area contributed by atoms with Crippen molar-refractivity contribution in [2.24, 2.45) is 17.3 Å². The van der Waals surface area contributed by atoms with Crippen molar-refractivity contribution in [1.29, 1.82) is 0 Å². The summed E-state index contributed by atoms with van der Waals surface area (Å²) in [5.74, 6) is 1.21. The van der Waals surface area contributed by atoms with Crippen molar-refractivity contribution in [3.63, 3.8) is 0 Å². The fourth-order valence-electron chi connectivity index (χ4n) is 2.30. The first-order valence-electron chi connectivity index (χ1n) is 4.35. The molecule has 1 saturated carbocycles. The van der Waals surface area contributed by atoms with Gasteiger partial charge in [-0.2, -0.15) is 0 Å². The number of fused-ring (bicyclic) bond motifs is 2. The van der Waals surface area contributed by atoms with E-state index < -0.39 is 0 Å². The highest BCUT2D eigenvalue weighted by Gasteiger charge is 2.45. The molecule has 0 aromatic rings. The van der Waals surface area contributed by atoms with Crippen molar-refractivity contribution < 1.29 is 4.79 Å². The molecule has 1 nitrogen and oxygen atoms in total. The van der Waals surface area contributed by atoms with Crippen LogP contribution in [-0.2, 0) is 4.79 Å². The molecule has 11 heavy (non-hydrogen) atoms. The van der Waals surface area contributed by atoms with Gasteiger partial charge in [-0.1, -0.05) is 26.0 Å². The van der Waals surface area contributed by atoms with E-state index in [4.69, 9.17) is 0 Å². The minimum absolute atomic E-state index is 0.0718. The van der Waals surface area contributed by atoms with Gasteiger partial charge in [0.25, 0.3) is 0 Å². The summed E-state index contributed by atoms with van der Waals surface area (Å²) < 4.78 is 0. The van der Waals surface area contributed by atoms with Crippen molar-refractivity contribution in [3.8, 4) is 0 Å². The Kier molecular flexibility index (Phi) is 1.26. The second kappa shape index (κ2) is 1.96. The largest absolute Gasteiger partial charge is 0.298 e. The quantitative estimate of drug-likeness (QED) is 0.484. The fraction of sp³-hybridized carbons (Fsp3) is 0.700. The van der Waals surface area contributed by atoms with E-state index in [2.05, 4.69) is 26.0 Å². The summed E-state index contributed by atoms with van der Waals surface area (Å²) in [7, 11) is 0. The van der Waals surface area contributed by atoms with Crippen molar-refractivity contribution >= 4 is 5.78 Å². The van der Waals surface area contributed by atoms with Crippen molar-refractivity contribution in [1.82, 2.24) is 0 Å². The third-order valence-electron chi connectivity index (χ3n) is 3.26. The highest BCUT2D eigenvalue weighted by atomic mass is 16.1. The summed E-state index contributed by atoms with van der Waals surface area (Å²) in [6.07, 6.45) is 6.63. The van der Waals surface area contributed by atoms with Crippen LogP contribution in [0, 0.1) is 17.3 Å². The normalized spacial score (nSPS) is 39.6. The van der Waals surface area contributed by atoms with Gasteiger partial charge in [0, 0.05) is 11.3 Å². The van der Waals surface area contributed by atoms with Crippen LogP contribution in [0.25, 0.3) is 0 Å². The molecule has 0 aromatic carbocycles. The Morgan fingerprint density at radius 1 is 1.36 bits per heavy atom. The molecule has 0 spiro atoms. The first-order valence-corrected chi connectivity index (χ1v) is 4.35. The molecule has 2 bridgehead atoms. The Labute approximate surface area is 67.5 Å². The van der Waals surface area contributed by atoms with Gasteiger partial charge in [0.15, 0.2) is 0 Å². The molecule has 0 heterocycles. The van der Waals surface area contributed by atoms with E-state index in [1.807, 2.05) is 0 Å². The first kappa shape index (κ1) is 7.08. The van der Waals surface area contributed by atoms with Gasteiger partial charge in [0.05, 0.1) is 0 Å². The van der Waals surface area contributed by atoms with Crippen LogP contribution in [0.5, 0.6) is 0 Å². The van der Waals surface area contributed by atoms with Gasteiger partial charge in [-0.05, 0) is 18.8 Å². The summed E-state index contributed by atoms with van der Waals surface area (Å²) in [4.78, 5) is 11.7. The number of carbonyl (C=O) groups is 1. The zero-order chi connectivity index (χ0) is 8.06. The molecule has 3 aliphatic carbocycles. The maximum atomic E-state index is 11.7. The molecule has 2 unspecified atom stereocenters. The number of carbonyl (C=O) groups excluding carboxylic acids is 1. The highest BCUT2D eigenvalue weighted by Crippen LogP contribution is 2.45. The predicted octanol–water partition coefficient (Wildman–Crippen LogP) is 2.18. The number of allylic oxidation sites excluding steroid dienone is 2. The van der Waals surface area contributed by atoms with Crippen molar-refractivity contribution in [2.45, 2.75) is 26.7 Å². The molecule has 0 saturated heterocycles. The SMILES string of the molecule is CC1(C)C(=O)C2C=CC1CC2. The molecule has 60 valence electrons. The highest BCUT2D eigenvalue weighted by molar-refractivity contribution is 5.90. The first-order chi connectivity index (χ1) is 5.12. The van der Waals surface area contributed by atoms with E-state index in [1.165, 1.54) is 6.42 Å². The van der Waals surface area contributed by atoms with Crippen LogP contribution in [0.2, 0.25) is 0 Å². The Morgan fingerprint density at radius 3 is 2.36 bits per heavy atom.